The number of sulfone groups is 1. The van der Waals surface area contributed by atoms with Gasteiger partial charge in [-0.3, -0.25) is 25.3 Å². The van der Waals surface area contributed by atoms with Gasteiger partial charge in [0.05, 0.1) is 23.1 Å². The highest BCUT2D eigenvalue weighted by atomic mass is 35.5. The number of anilines is 1. The van der Waals surface area contributed by atoms with E-state index in [4.69, 9.17) is 11.6 Å². The summed E-state index contributed by atoms with van der Waals surface area (Å²) in [6.45, 7) is -0.710. The maximum absolute atomic E-state index is 14.9. The van der Waals surface area contributed by atoms with E-state index in [9.17, 15) is 44.8 Å². The normalized spacial score (nSPS) is 15.1. The van der Waals surface area contributed by atoms with Crippen molar-refractivity contribution in [1.29, 1.82) is 0 Å². The maximum Gasteiger partial charge on any atom is 0.472 e. The molecule has 1 heterocycles. The van der Waals surface area contributed by atoms with E-state index in [-0.39, 0.29) is 40.9 Å². The van der Waals surface area contributed by atoms with Gasteiger partial charge in [0.25, 0.3) is 5.91 Å². The van der Waals surface area contributed by atoms with Crippen LogP contribution in [-0.2, 0) is 21.2 Å². The van der Waals surface area contributed by atoms with Gasteiger partial charge in [-0.2, -0.15) is 13.2 Å². The van der Waals surface area contributed by atoms with E-state index in [1.54, 1.807) is 0 Å². The molecule has 16 heteroatoms. The molecule has 0 aliphatic carbocycles. The Morgan fingerprint density at radius 3 is 2.19 bits per heavy atom. The van der Waals surface area contributed by atoms with Gasteiger partial charge in [0.1, 0.15) is 11.6 Å². The number of carbonyl (C=O) groups is 3. The third-order valence-corrected chi connectivity index (χ3v) is 7.15. The first-order valence-corrected chi connectivity index (χ1v) is 12.6. The number of carbonyl (C=O) groups excluding carboxylic acids is 3. The number of benzene rings is 2. The Morgan fingerprint density at radius 2 is 1.62 bits per heavy atom. The lowest BCUT2D eigenvalue weighted by atomic mass is 10.1. The number of hydrogen-bond donors (Lipinski definition) is 2. The van der Waals surface area contributed by atoms with Crippen molar-refractivity contribution in [3.63, 3.8) is 0 Å². The molecule has 37 heavy (non-hydrogen) atoms. The van der Waals surface area contributed by atoms with Crippen molar-refractivity contribution in [3.8, 4) is 0 Å². The Bertz CT molecular complexity index is 1330. The summed E-state index contributed by atoms with van der Waals surface area (Å²) < 4.78 is 88.7. The van der Waals surface area contributed by atoms with Crippen LogP contribution >= 0.6 is 11.6 Å². The van der Waals surface area contributed by atoms with E-state index in [1.165, 1.54) is 16.4 Å². The van der Waals surface area contributed by atoms with Crippen molar-refractivity contribution < 1.29 is 44.8 Å². The maximum atomic E-state index is 14.9. The zero-order chi connectivity index (χ0) is 27.5. The summed E-state index contributed by atoms with van der Waals surface area (Å²) >= 11 is 5.83. The summed E-state index contributed by atoms with van der Waals surface area (Å²) in [5, 5.41) is -0.329. The number of halogens is 6. The molecule has 0 unspecified atom stereocenters. The van der Waals surface area contributed by atoms with Gasteiger partial charge in [-0.1, -0.05) is 17.7 Å². The molecular formula is C21H18ClF5N4O5S. The van der Waals surface area contributed by atoms with Gasteiger partial charge in [0.15, 0.2) is 9.84 Å². The summed E-state index contributed by atoms with van der Waals surface area (Å²) in [5.74, 6) is -6.03. The Balaban J connectivity index is 1.83. The van der Waals surface area contributed by atoms with Crippen LogP contribution in [0.2, 0.25) is 5.02 Å². The Labute approximate surface area is 212 Å². The quantitative estimate of drug-likeness (QED) is 0.435. The minimum atomic E-state index is -5.25. The molecule has 0 spiro atoms. The van der Waals surface area contributed by atoms with Gasteiger partial charge in [0.2, 0.25) is 0 Å². The molecule has 1 aliphatic rings. The number of rotatable bonds is 4. The van der Waals surface area contributed by atoms with Crippen LogP contribution in [0.5, 0.6) is 0 Å². The summed E-state index contributed by atoms with van der Waals surface area (Å²) in [6.07, 6.45) is -5.25. The van der Waals surface area contributed by atoms with Gasteiger partial charge in [-0.05, 0) is 30.3 Å². The molecule has 2 aromatic rings. The number of nitrogens with one attached hydrogen (secondary N) is 2. The van der Waals surface area contributed by atoms with E-state index in [0.29, 0.717) is 6.07 Å². The largest absolute Gasteiger partial charge is 0.472 e. The molecule has 0 saturated carbocycles. The van der Waals surface area contributed by atoms with E-state index in [2.05, 4.69) is 0 Å². The Kier molecular flexibility index (Phi) is 8.27. The lowest BCUT2D eigenvalue weighted by molar-refractivity contribution is -0.174. The van der Waals surface area contributed by atoms with E-state index < -0.39 is 57.6 Å². The predicted molar refractivity (Wildman–Crippen MR) is 121 cm³/mol. The van der Waals surface area contributed by atoms with Crippen molar-refractivity contribution in [1.82, 2.24) is 15.8 Å². The van der Waals surface area contributed by atoms with Crippen LogP contribution in [0, 0.1) is 11.6 Å². The second-order valence-corrected chi connectivity index (χ2v) is 10.5. The Hall–Kier alpha value is -3.46. The fraction of sp³-hybridized carbons (Fsp3) is 0.286. The first kappa shape index (κ1) is 28.1. The lowest BCUT2D eigenvalue weighted by Crippen LogP contribution is -2.49. The van der Waals surface area contributed by atoms with E-state index in [1.807, 2.05) is 0 Å². The number of urea groups is 1. The number of nitrogens with zero attached hydrogens (tertiary/aromatic N) is 2. The summed E-state index contributed by atoms with van der Waals surface area (Å²) in [7, 11) is -3.32. The summed E-state index contributed by atoms with van der Waals surface area (Å²) in [5.41, 5.74) is 2.14. The van der Waals surface area contributed by atoms with Crippen molar-refractivity contribution >= 4 is 45.0 Å². The first-order valence-electron chi connectivity index (χ1n) is 10.4. The van der Waals surface area contributed by atoms with Crippen molar-refractivity contribution in [3.05, 3.63) is 64.2 Å². The van der Waals surface area contributed by atoms with Gasteiger partial charge < -0.3 is 4.90 Å². The van der Waals surface area contributed by atoms with E-state index >= 15 is 0 Å². The van der Waals surface area contributed by atoms with Crippen LogP contribution in [0.4, 0.5) is 32.4 Å². The van der Waals surface area contributed by atoms with Crippen molar-refractivity contribution in [2.24, 2.45) is 0 Å². The minimum Gasteiger partial charge on any atom is -0.322 e. The topological polar surface area (TPSA) is 116 Å². The van der Waals surface area contributed by atoms with Crippen molar-refractivity contribution in [2.45, 2.75) is 12.7 Å². The molecule has 0 aromatic heterocycles. The highest BCUT2D eigenvalue weighted by molar-refractivity contribution is 7.91. The molecule has 1 saturated heterocycles. The number of amides is 4. The third-order valence-electron chi connectivity index (χ3n) is 5.25. The van der Waals surface area contributed by atoms with Crippen LogP contribution in [0.3, 0.4) is 0 Å². The second kappa shape index (κ2) is 10.9. The Morgan fingerprint density at radius 1 is 0.973 bits per heavy atom. The number of hydrogen-bond acceptors (Lipinski definition) is 5. The van der Waals surface area contributed by atoms with Crippen LogP contribution in [0.15, 0.2) is 36.4 Å². The standard InChI is InChI=1S/C21H18ClF5N4O5S/c22-15-10-14(3-4-16(15)23)31(20(34)30-5-7-37(35,36)8-6-30)11-13-2-1-12(9-17(13)24)18(32)28-29-19(33)21(25,26)27/h1-4,9-10H,5-8,11H2,(H,28,32)(H,29,33). The fourth-order valence-electron chi connectivity index (χ4n) is 3.24. The molecule has 3 rings (SSSR count). The smallest absolute Gasteiger partial charge is 0.322 e. The van der Waals surface area contributed by atoms with Gasteiger partial charge in [-0.15, -0.1) is 0 Å². The molecule has 0 radical (unpaired) electrons. The average Bonchev–Trinajstić information content (AvgIpc) is 2.82. The molecule has 2 N–H and O–H groups in total. The zero-order valence-electron chi connectivity index (χ0n) is 18.6. The molecule has 9 nitrogen and oxygen atoms in total. The summed E-state index contributed by atoms with van der Waals surface area (Å²) in [4.78, 5) is 38.3. The second-order valence-electron chi connectivity index (χ2n) is 7.82. The average molecular weight is 569 g/mol. The first-order chi connectivity index (χ1) is 17.2. The molecule has 0 atom stereocenters. The monoisotopic (exact) mass is 568 g/mol. The molecule has 0 bridgehead atoms. The summed E-state index contributed by atoms with van der Waals surface area (Å²) in [6, 6.07) is 5.41. The van der Waals surface area contributed by atoms with Crippen LogP contribution in [0.1, 0.15) is 15.9 Å². The molecule has 1 fully saturated rings. The van der Waals surface area contributed by atoms with Crippen LogP contribution < -0.4 is 15.8 Å². The predicted octanol–water partition coefficient (Wildman–Crippen LogP) is 2.80. The lowest BCUT2D eigenvalue weighted by Gasteiger charge is -2.33. The molecule has 1 aliphatic heterocycles. The molecule has 4 amide bonds. The highest BCUT2D eigenvalue weighted by Crippen LogP contribution is 2.26. The van der Waals surface area contributed by atoms with Crippen molar-refractivity contribution in [2.75, 3.05) is 29.5 Å². The third kappa shape index (κ3) is 7.07. The molecule has 200 valence electrons. The van der Waals surface area contributed by atoms with Crippen LogP contribution in [-0.4, -0.2) is 61.9 Å². The number of alkyl halides is 3. The SMILES string of the molecule is O=C(NNC(=O)C(F)(F)F)c1ccc(CN(C(=O)N2CCS(=O)(=O)CC2)c2ccc(F)c(Cl)c2)c(F)c1. The molecule has 2 aromatic carbocycles. The van der Waals surface area contributed by atoms with E-state index in [0.717, 1.165) is 34.6 Å². The van der Waals surface area contributed by atoms with Crippen LogP contribution in [0.25, 0.3) is 0 Å². The highest BCUT2D eigenvalue weighted by Gasteiger charge is 2.39. The van der Waals surface area contributed by atoms with Gasteiger partial charge >= 0.3 is 18.1 Å². The molecular weight excluding hydrogens is 551 g/mol. The number of hydrazine groups is 1. The zero-order valence-corrected chi connectivity index (χ0v) is 20.2. The fourth-order valence-corrected chi connectivity index (χ4v) is 4.62. The van der Waals surface area contributed by atoms with Gasteiger partial charge in [0, 0.05) is 29.9 Å². The minimum absolute atomic E-state index is 0.0703. The van der Waals surface area contributed by atoms with Gasteiger partial charge in [-0.25, -0.2) is 22.0 Å².